The minimum atomic E-state index is -0.462. The summed E-state index contributed by atoms with van der Waals surface area (Å²) in [7, 11) is 0. The van der Waals surface area contributed by atoms with Crippen molar-refractivity contribution in [3.63, 3.8) is 0 Å². The number of hydrogen-bond donors (Lipinski definition) is 1. The van der Waals surface area contributed by atoms with Gasteiger partial charge in [-0.15, -0.1) is 0 Å². The number of nitrogens with zero attached hydrogens (tertiary/aromatic N) is 3. The van der Waals surface area contributed by atoms with Gasteiger partial charge in [0.05, 0.1) is 29.5 Å². The molecule has 2 aromatic carbocycles. The van der Waals surface area contributed by atoms with Crippen LogP contribution in [0, 0.1) is 12.7 Å². The van der Waals surface area contributed by atoms with Crippen molar-refractivity contribution in [3.8, 4) is 0 Å². The summed E-state index contributed by atoms with van der Waals surface area (Å²) in [4.78, 5) is 15.3. The van der Waals surface area contributed by atoms with Crippen LogP contribution in [-0.4, -0.2) is 39.8 Å². The normalized spacial score (nSPS) is 20.3. The highest BCUT2D eigenvalue weighted by molar-refractivity contribution is 6.30. The number of carbonyl (C=O) groups is 1. The first-order chi connectivity index (χ1) is 15.5. The first kappa shape index (κ1) is 21.0. The highest BCUT2D eigenvalue weighted by Gasteiger charge is 2.38. The van der Waals surface area contributed by atoms with Crippen LogP contribution in [0.3, 0.4) is 0 Å². The quantitative estimate of drug-likeness (QED) is 0.603. The standard InChI is InChI=1S/C24H24ClFN4O2/c1-15-21(22(25)30(28-15)13-16-8-10-17(26)11-9-16)23-27-20-7-3-2-6-19(20)24(31)29(23)14-18-5-4-12-32-18/h2-3,6-11,18,23,27H,4-5,12-14H2,1H3/t18-,23-/m1/s1. The van der Waals surface area contributed by atoms with Crippen molar-refractivity contribution in [3.05, 3.63) is 81.9 Å². The van der Waals surface area contributed by atoms with Gasteiger partial charge in [0.2, 0.25) is 0 Å². The molecule has 0 unspecified atom stereocenters. The van der Waals surface area contributed by atoms with Gasteiger partial charge in [-0.3, -0.25) is 4.79 Å². The highest BCUT2D eigenvalue weighted by atomic mass is 35.5. The third kappa shape index (κ3) is 3.87. The van der Waals surface area contributed by atoms with Crippen molar-refractivity contribution in [1.29, 1.82) is 0 Å². The summed E-state index contributed by atoms with van der Waals surface area (Å²) in [5.41, 5.74) is 3.78. The summed E-state index contributed by atoms with van der Waals surface area (Å²) in [6, 6.07) is 13.8. The molecule has 32 heavy (non-hydrogen) atoms. The number of rotatable bonds is 5. The number of fused-ring (bicyclic) bond motifs is 1. The van der Waals surface area contributed by atoms with Crippen LogP contribution in [-0.2, 0) is 11.3 Å². The summed E-state index contributed by atoms with van der Waals surface area (Å²) in [6.07, 6.45) is 1.46. The number of carbonyl (C=O) groups excluding carboxylic acids is 1. The fourth-order valence-corrected chi connectivity index (χ4v) is 4.80. The molecule has 3 aromatic rings. The van der Waals surface area contributed by atoms with E-state index in [4.69, 9.17) is 16.3 Å². The van der Waals surface area contributed by atoms with Crippen LogP contribution in [0.4, 0.5) is 10.1 Å². The molecular weight excluding hydrogens is 431 g/mol. The second-order valence-electron chi connectivity index (χ2n) is 8.26. The van der Waals surface area contributed by atoms with E-state index in [0.29, 0.717) is 23.8 Å². The summed E-state index contributed by atoms with van der Waals surface area (Å²) < 4.78 is 20.8. The van der Waals surface area contributed by atoms with E-state index in [1.54, 1.807) is 21.7 Å². The van der Waals surface area contributed by atoms with Gasteiger partial charge in [0.15, 0.2) is 0 Å². The first-order valence-corrected chi connectivity index (χ1v) is 11.1. The predicted octanol–water partition coefficient (Wildman–Crippen LogP) is 4.78. The zero-order valence-corrected chi connectivity index (χ0v) is 18.5. The Bertz CT molecular complexity index is 1140. The third-order valence-corrected chi connectivity index (χ3v) is 6.47. The molecule has 3 heterocycles. The van der Waals surface area contributed by atoms with Crippen molar-refractivity contribution in [1.82, 2.24) is 14.7 Å². The van der Waals surface area contributed by atoms with Crippen LogP contribution in [0.15, 0.2) is 48.5 Å². The second kappa shape index (κ2) is 8.56. The van der Waals surface area contributed by atoms with Crippen LogP contribution in [0.5, 0.6) is 0 Å². The van der Waals surface area contributed by atoms with E-state index >= 15 is 0 Å². The van der Waals surface area contributed by atoms with Crippen LogP contribution in [0.1, 0.15) is 46.2 Å². The van der Waals surface area contributed by atoms with Crippen LogP contribution < -0.4 is 5.32 Å². The molecule has 0 spiro atoms. The Hall–Kier alpha value is -2.90. The number of hydrogen-bond acceptors (Lipinski definition) is 4. The smallest absolute Gasteiger partial charge is 0.257 e. The maximum atomic E-state index is 13.5. The molecule has 1 aromatic heterocycles. The average Bonchev–Trinajstić information content (AvgIpc) is 3.40. The Morgan fingerprint density at radius 3 is 2.75 bits per heavy atom. The van der Waals surface area contributed by atoms with Gasteiger partial charge in [0, 0.05) is 18.8 Å². The number of nitrogens with one attached hydrogen (secondary N) is 1. The fourth-order valence-electron chi connectivity index (χ4n) is 4.46. The van der Waals surface area contributed by atoms with Gasteiger partial charge in [-0.05, 0) is 49.6 Å². The monoisotopic (exact) mass is 454 g/mol. The molecule has 166 valence electrons. The van der Waals surface area contributed by atoms with E-state index in [1.807, 2.05) is 31.2 Å². The van der Waals surface area contributed by atoms with Gasteiger partial charge in [-0.2, -0.15) is 5.10 Å². The van der Waals surface area contributed by atoms with Crippen molar-refractivity contribution in [2.24, 2.45) is 0 Å². The molecule has 0 bridgehead atoms. The number of ether oxygens (including phenoxy) is 1. The van der Waals surface area contributed by atoms with E-state index in [-0.39, 0.29) is 17.8 Å². The summed E-state index contributed by atoms with van der Waals surface area (Å²) in [5, 5.41) is 8.58. The van der Waals surface area contributed by atoms with Crippen molar-refractivity contribution >= 4 is 23.2 Å². The fraction of sp³-hybridized carbons (Fsp3) is 0.333. The number of aryl methyl sites for hydroxylation is 1. The van der Waals surface area contributed by atoms with Gasteiger partial charge < -0.3 is 15.0 Å². The zero-order chi connectivity index (χ0) is 22.2. The number of para-hydroxylation sites is 1. The number of amides is 1. The van der Waals surface area contributed by atoms with Crippen LogP contribution in [0.25, 0.3) is 0 Å². The molecule has 1 fully saturated rings. The number of benzene rings is 2. The van der Waals surface area contributed by atoms with E-state index in [9.17, 15) is 9.18 Å². The Labute approximate surface area is 190 Å². The molecule has 1 saturated heterocycles. The lowest BCUT2D eigenvalue weighted by atomic mass is 10.0. The average molecular weight is 455 g/mol. The van der Waals surface area contributed by atoms with Gasteiger partial charge >= 0.3 is 0 Å². The van der Waals surface area contributed by atoms with E-state index in [2.05, 4.69) is 10.4 Å². The molecule has 5 rings (SSSR count). The molecule has 0 saturated carbocycles. The molecule has 6 nitrogen and oxygen atoms in total. The van der Waals surface area contributed by atoms with E-state index in [1.165, 1.54) is 12.1 Å². The van der Waals surface area contributed by atoms with E-state index in [0.717, 1.165) is 42.0 Å². The Balaban J connectivity index is 1.51. The largest absolute Gasteiger partial charge is 0.376 e. The summed E-state index contributed by atoms with van der Waals surface area (Å²) >= 11 is 6.82. The van der Waals surface area contributed by atoms with Gasteiger partial charge in [-0.1, -0.05) is 35.9 Å². The lowest BCUT2D eigenvalue weighted by molar-refractivity contribution is 0.0426. The van der Waals surface area contributed by atoms with Crippen LogP contribution in [0.2, 0.25) is 5.15 Å². The van der Waals surface area contributed by atoms with Gasteiger partial charge in [0.25, 0.3) is 5.91 Å². The SMILES string of the molecule is Cc1nn(Cc2ccc(F)cc2)c(Cl)c1[C@@H]1Nc2ccccc2C(=O)N1C[C@H]1CCCO1. The highest BCUT2D eigenvalue weighted by Crippen LogP contribution is 2.38. The van der Waals surface area contributed by atoms with Crippen molar-refractivity contribution < 1.29 is 13.9 Å². The molecule has 8 heteroatoms. The van der Waals surface area contributed by atoms with Crippen molar-refractivity contribution in [2.45, 2.75) is 38.6 Å². The Morgan fingerprint density at radius 1 is 1.22 bits per heavy atom. The first-order valence-electron chi connectivity index (χ1n) is 10.8. The van der Waals surface area contributed by atoms with E-state index < -0.39 is 6.17 Å². The number of anilines is 1. The minimum absolute atomic E-state index is 0.00172. The predicted molar refractivity (Wildman–Crippen MR) is 120 cm³/mol. The second-order valence-corrected chi connectivity index (χ2v) is 8.62. The molecule has 0 radical (unpaired) electrons. The summed E-state index contributed by atoms with van der Waals surface area (Å²) in [6.45, 7) is 3.49. The molecule has 2 atom stereocenters. The lowest BCUT2D eigenvalue weighted by Crippen LogP contribution is -2.46. The molecule has 2 aliphatic rings. The molecule has 1 N–H and O–H groups in total. The maximum absolute atomic E-state index is 13.5. The number of aromatic nitrogens is 2. The van der Waals surface area contributed by atoms with Crippen molar-refractivity contribution in [2.75, 3.05) is 18.5 Å². The van der Waals surface area contributed by atoms with Gasteiger partial charge in [-0.25, -0.2) is 9.07 Å². The molecular formula is C24H24ClFN4O2. The summed E-state index contributed by atoms with van der Waals surface area (Å²) in [5.74, 6) is -0.341. The zero-order valence-electron chi connectivity index (χ0n) is 17.7. The molecule has 2 aliphatic heterocycles. The Kier molecular flexibility index (Phi) is 5.61. The topological polar surface area (TPSA) is 59.4 Å². The van der Waals surface area contributed by atoms with Crippen LogP contribution >= 0.6 is 11.6 Å². The number of halogens is 2. The third-order valence-electron chi connectivity index (χ3n) is 6.07. The Morgan fingerprint density at radius 2 is 2.00 bits per heavy atom. The maximum Gasteiger partial charge on any atom is 0.257 e. The van der Waals surface area contributed by atoms with Gasteiger partial charge in [0.1, 0.15) is 17.1 Å². The molecule has 1 amide bonds. The molecule has 0 aliphatic carbocycles. The lowest BCUT2D eigenvalue weighted by Gasteiger charge is -2.39. The minimum Gasteiger partial charge on any atom is -0.376 e.